The second kappa shape index (κ2) is 7.42. The van der Waals surface area contributed by atoms with Gasteiger partial charge in [-0.1, -0.05) is 0 Å². The Bertz CT molecular complexity index is 360. The van der Waals surface area contributed by atoms with Crippen molar-refractivity contribution in [1.82, 2.24) is 14.4 Å². The van der Waals surface area contributed by atoms with Gasteiger partial charge in [-0.2, -0.15) is 0 Å². The number of rotatable bonds is 2. The van der Waals surface area contributed by atoms with Crippen LogP contribution in [-0.4, -0.2) is 26.4 Å². The molecule has 4 N–H and O–H groups in total. The van der Waals surface area contributed by atoms with E-state index in [4.69, 9.17) is 5.73 Å². The molecule has 0 atom stereocenters. The summed E-state index contributed by atoms with van der Waals surface area (Å²) in [7, 11) is 0. The number of nitrogens with zero attached hydrogens (tertiary/aromatic N) is 3. The molecular weight excluding hydrogens is 239 g/mol. The monoisotopic (exact) mass is 252 g/mol. The summed E-state index contributed by atoms with van der Waals surface area (Å²) in [6.45, 7) is 0.629. The Kier molecular flexibility index (Phi) is 8.18. The van der Waals surface area contributed by atoms with Crippen LogP contribution in [0.15, 0.2) is 24.7 Å². The highest BCUT2D eigenvalue weighted by atomic mass is 35.5. The van der Waals surface area contributed by atoms with E-state index in [0.29, 0.717) is 6.54 Å². The zero-order chi connectivity index (χ0) is 8.39. The molecule has 0 aliphatic rings. The van der Waals surface area contributed by atoms with Crippen molar-refractivity contribution in [2.75, 3.05) is 6.54 Å². The van der Waals surface area contributed by atoms with Crippen LogP contribution in [-0.2, 0) is 6.42 Å². The molecule has 2 aromatic heterocycles. The second-order valence-corrected chi connectivity index (χ2v) is 2.60. The summed E-state index contributed by atoms with van der Waals surface area (Å²) in [6.07, 6.45) is 6.42. The third kappa shape index (κ3) is 3.64. The SMILES string of the molecule is Cl.Cl.NCCc1cn2cccnc2n1.O. The fourth-order valence-electron chi connectivity index (χ4n) is 1.15. The van der Waals surface area contributed by atoms with Gasteiger partial charge >= 0.3 is 0 Å². The van der Waals surface area contributed by atoms with Gasteiger partial charge in [-0.25, -0.2) is 9.97 Å². The number of imidazole rings is 1. The minimum absolute atomic E-state index is 0. The first-order valence-corrected chi connectivity index (χ1v) is 3.89. The van der Waals surface area contributed by atoms with Crippen molar-refractivity contribution in [3.8, 4) is 0 Å². The highest BCUT2D eigenvalue weighted by molar-refractivity contribution is 5.85. The topological polar surface area (TPSA) is 87.7 Å². The normalized spacial score (nSPS) is 8.60. The van der Waals surface area contributed by atoms with Crippen LogP contribution in [0.2, 0.25) is 0 Å². The maximum Gasteiger partial charge on any atom is 0.233 e. The lowest BCUT2D eigenvalue weighted by atomic mass is 10.3. The van der Waals surface area contributed by atoms with Gasteiger partial charge in [-0.15, -0.1) is 24.8 Å². The highest BCUT2D eigenvalue weighted by Gasteiger charge is 1.99. The van der Waals surface area contributed by atoms with Gasteiger partial charge in [0.2, 0.25) is 5.78 Å². The van der Waals surface area contributed by atoms with Crippen molar-refractivity contribution in [2.45, 2.75) is 6.42 Å². The van der Waals surface area contributed by atoms with Gasteiger partial charge in [-0.3, -0.25) is 4.40 Å². The van der Waals surface area contributed by atoms with Crippen LogP contribution < -0.4 is 5.73 Å². The molecule has 0 aliphatic heterocycles. The molecule has 2 aromatic rings. The first-order chi connectivity index (χ1) is 5.90. The lowest BCUT2D eigenvalue weighted by Crippen LogP contribution is -2.02. The predicted molar refractivity (Wildman–Crippen MR) is 63.9 cm³/mol. The molecular formula is C8H14Cl2N4O. The Morgan fingerprint density at radius 3 is 2.67 bits per heavy atom. The van der Waals surface area contributed by atoms with Gasteiger partial charge in [0.25, 0.3) is 0 Å². The van der Waals surface area contributed by atoms with Crippen LogP contribution in [0.25, 0.3) is 5.78 Å². The van der Waals surface area contributed by atoms with E-state index < -0.39 is 0 Å². The number of hydrogen-bond acceptors (Lipinski definition) is 3. The molecule has 0 amide bonds. The summed E-state index contributed by atoms with van der Waals surface area (Å²) in [5, 5.41) is 0. The molecule has 2 rings (SSSR count). The van der Waals surface area contributed by atoms with E-state index in [2.05, 4.69) is 9.97 Å². The predicted octanol–water partition coefficient (Wildman–Crippen LogP) is 0.249. The largest absolute Gasteiger partial charge is 0.412 e. The molecule has 5 nitrogen and oxygen atoms in total. The molecule has 0 aromatic carbocycles. The van der Waals surface area contributed by atoms with E-state index in [-0.39, 0.29) is 30.3 Å². The third-order valence-corrected chi connectivity index (χ3v) is 1.69. The van der Waals surface area contributed by atoms with Gasteiger partial charge in [0.1, 0.15) is 0 Å². The molecule has 0 bridgehead atoms. The molecule has 0 spiro atoms. The maximum absolute atomic E-state index is 5.41. The van der Waals surface area contributed by atoms with Gasteiger partial charge in [0.15, 0.2) is 0 Å². The van der Waals surface area contributed by atoms with E-state index in [1.165, 1.54) is 0 Å². The van der Waals surface area contributed by atoms with Crippen molar-refractivity contribution in [3.05, 3.63) is 30.4 Å². The molecule has 0 radical (unpaired) electrons. The Labute approximate surface area is 99.8 Å². The van der Waals surface area contributed by atoms with Gasteiger partial charge in [0, 0.05) is 25.0 Å². The van der Waals surface area contributed by atoms with Crippen LogP contribution in [0, 0.1) is 0 Å². The van der Waals surface area contributed by atoms with E-state index >= 15 is 0 Å². The highest BCUT2D eigenvalue weighted by Crippen LogP contribution is 2.01. The molecule has 0 saturated carbocycles. The number of aromatic nitrogens is 3. The van der Waals surface area contributed by atoms with E-state index in [0.717, 1.165) is 17.9 Å². The Morgan fingerprint density at radius 1 is 1.33 bits per heavy atom. The van der Waals surface area contributed by atoms with Crippen molar-refractivity contribution < 1.29 is 5.48 Å². The number of nitrogens with two attached hydrogens (primary N) is 1. The summed E-state index contributed by atoms with van der Waals surface area (Å²) in [6, 6.07) is 1.88. The molecule has 0 fully saturated rings. The van der Waals surface area contributed by atoms with Crippen molar-refractivity contribution in [3.63, 3.8) is 0 Å². The average Bonchev–Trinajstić information content (AvgIpc) is 2.47. The summed E-state index contributed by atoms with van der Waals surface area (Å²) in [5.74, 6) is 0.737. The maximum atomic E-state index is 5.41. The average molecular weight is 253 g/mol. The smallest absolute Gasteiger partial charge is 0.233 e. The van der Waals surface area contributed by atoms with E-state index in [1.54, 1.807) is 6.20 Å². The van der Waals surface area contributed by atoms with Crippen LogP contribution in [0.4, 0.5) is 0 Å². The minimum Gasteiger partial charge on any atom is -0.412 e. The van der Waals surface area contributed by atoms with E-state index in [1.807, 2.05) is 22.9 Å². The van der Waals surface area contributed by atoms with Crippen LogP contribution in [0.3, 0.4) is 0 Å². The van der Waals surface area contributed by atoms with Crippen molar-refractivity contribution >= 4 is 30.6 Å². The molecule has 15 heavy (non-hydrogen) atoms. The third-order valence-electron chi connectivity index (χ3n) is 1.69. The zero-order valence-corrected chi connectivity index (χ0v) is 9.59. The lowest BCUT2D eigenvalue weighted by Gasteiger charge is -1.86. The van der Waals surface area contributed by atoms with Crippen molar-refractivity contribution in [2.24, 2.45) is 5.73 Å². The molecule has 0 aliphatic carbocycles. The quantitative estimate of drug-likeness (QED) is 0.832. The Balaban J connectivity index is 0. The van der Waals surface area contributed by atoms with Crippen LogP contribution in [0.1, 0.15) is 5.69 Å². The first-order valence-electron chi connectivity index (χ1n) is 3.89. The fourth-order valence-corrected chi connectivity index (χ4v) is 1.15. The standard InChI is InChI=1S/C8H10N4.2ClH.H2O/c9-3-2-7-6-12-5-1-4-10-8(12)11-7;;;/h1,4-6H,2-3,9H2;2*1H;1H2. The molecule has 0 saturated heterocycles. The fraction of sp³-hybridized carbons (Fsp3) is 0.250. The molecule has 0 unspecified atom stereocenters. The molecule has 86 valence electrons. The van der Waals surface area contributed by atoms with Crippen LogP contribution >= 0.6 is 24.8 Å². The number of halogens is 2. The summed E-state index contributed by atoms with van der Waals surface area (Å²) < 4.78 is 1.89. The zero-order valence-electron chi connectivity index (χ0n) is 7.96. The summed E-state index contributed by atoms with van der Waals surface area (Å²) in [5.41, 5.74) is 6.41. The van der Waals surface area contributed by atoms with Gasteiger partial charge < -0.3 is 11.2 Å². The Hall–Kier alpha value is -0.880. The van der Waals surface area contributed by atoms with Crippen LogP contribution in [0.5, 0.6) is 0 Å². The van der Waals surface area contributed by atoms with Gasteiger partial charge in [0.05, 0.1) is 5.69 Å². The Morgan fingerprint density at radius 2 is 2.07 bits per heavy atom. The number of fused-ring (bicyclic) bond motifs is 1. The number of hydrogen-bond donors (Lipinski definition) is 1. The lowest BCUT2D eigenvalue weighted by molar-refractivity contribution is 0.824. The molecule has 7 heteroatoms. The van der Waals surface area contributed by atoms with E-state index in [9.17, 15) is 0 Å². The minimum atomic E-state index is 0. The second-order valence-electron chi connectivity index (χ2n) is 2.60. The summed E-state index contributed by atoms with van der Waals surface area (Å²) in [4.78, 5) is 8.37. The molecule has 2 heterocycles. The first kappa shape index (κ1) is 16.5. The van der Waals surface area contributed by atoms with Crippen molar-refractivity contribution in [1.29, 1.82) is 0 Å². The summed E-state index contributed by atoms with van der Waals surface area (Å²) >= 11 is 0. The van der Waals surface area contributed by atoms with Gasteiger partial charge in [-0.05, 0) is 12.6 Å².